The van der Waals surface area contributed by atoms with Crippen LogP contribution in [0.3, 0.4) is 0 Å². The van der Waals surface area contributed by atoms with Crippen molar-refractivity contribution in [3.05, 3.63) is 65.6 Å². The maximum atomic E-state index is 13.1. The fourth-order valence-corrected chi connectivity index (χ4v) is 4.61. The van der Waals surface area contributed by atoms with Gasteiger partial charge in [-0.2, -0.15) is 5.10 Å². The van der Waals surface area contributed by atoms with Gasteiger partial charge in [0.1, 0.15) is 18.1 Å². The SMILES string of the molecule is CN=CC(=CN)c1ccc(C(N)=O)c(OC2CCC(NC(=O)c3cnn4cc(OCC(C)(C)O)ccc34)CC2)c1. The fraction of sp³-hybridized carbons (Fsp3) is 0.379. The Balaban J connectivity index is 1.37. The zero-order valence-corrected chi connectivity index (χ0v) is 23.0. The van der Waals surface area contributed by atoms with E-state index in [9.17, 15) is 14.7 Å². The number of nitrogens with one attached hydrogen (secondary N) is 1. The molecule has 1 aromatic carbocycles. The van der Waals surface area contributed by atoms with Crippen molar-refractivity contribution < 1.29 is 24.2 Å². The molecule has 212 valence electrons. The molecule has 0 atom stereocenters. The van der Waals surface area contributed by atoms with Crippen molar-refractivity contribution in [2.75, 3.05) is 13.7 Å². The molecule has 40 heavy (non-hydrogen) atoms. The molecule has 0 spiro atoms. The molecule has 4 rings (SSSR count). The first kappa shape index (κ1) is 28.6. The van der Waals surface area contributed by atoms with Crippen LogP contribution >= 0.6 is 0 Å². The van der Waals surface area contributed by atoms with E-state index in [-0.39, 0.29) is 24.7 Å². The van der Waals surface area contributed by atoms with Crippen molar-refractivity contribution in [2.24, 2.45) is 16.5 Å². The third kappa shape index (κ3) is 6.97. The number of aliphatic imine (C=N–C) groups is 1. The van der Waals surface area contributed by atoms with Gasteiger partial charge < -0.3 is 31.4 Å². The number of aromatic nitrogens is 2. The molecule has 0 bridgehead atoms. The molecular formula is C29H36N6O5. The van der Waals surface area contributed by atoms with Gasteiger partial charge in [-0.25, -0.2) is 4.52 Å². The first-order chi connectivity index (χ1) is 19.1. The van der Waals surface area contributed by atoms with Gasteiger partial charge in [-0.05, 0) is 69.4 Å². The van der Waals surface area contributed by atoms with E-state index < -0.39 is 11.5 Å². The van der Waals surface area contributed by atoms with Gasteiger partial charge in [0, 0.05) is 31.1 Å². The van der Waals surface area contributed by atoms with Gasteiger partial charge in [0.25, 0.3) is 11.8 Å². The van der Waals surface area contributed by atoms with Crippen LogP contribution in [0.1, 0.15) is 65.8 Å². The van der Waals surface area contributed by atoms with Crippen molar-refractivity contribution in [3.63, 3.8) is 0 Å². The Morgan fingerprint density at radius 2 is 1.95 bits per heavy atom. The Labute approximate surface area is 232 Å². The molecule has 0 saturated heterocycles. The number of aliphatic hydroxyl groups is 1. The number of nitrogens with two attached hydrogens (primary N) is 2. The molecule has 0 radical (unpaired) electrons. The third-order valence-corrected chi connectivity index (χ3v) is 6.66. The monoisotopic (exact) mass is 548 g/mol. The lowest BCUT2D eigenvalue weighted by Crippen LogP contribution is -2.39. The highest BCUT2D eigenvalue weighted by Crippen LogP contribution is 2.29. The zero-order valence-electron chi connectivity index (χ0n) is 23.0. The Kier molecular flexibility index (Phi) is 8.73. The molecule has 11 heteroatoms. The highest BCUT2D eigenvalue weighted by Gasteiger charge is 2.26. The summed E-state index contributed by atoms with van der Waals surface area (Å²) in [6.45, 7) is 3.46. The third-order valence-electron chi connectivity index (χ3n) is 6.66. The minimum atomic E-state index is -0.961. The molecule has 1 aliphatic carbocycles. The van der Waals surface area contributed by atoms with E-state index >= 15 is 0 Å². The van der Waals surface area contributed by atoms with Gasteiger partial charge in [-0.1, -0.05) is 6.07 Å². The molecule has 2 aromatic heterocycles. The van der Waals surface area contributed by atoms with Gasteiger partial charge in [-0.3, -0.25) is 14.6 Å². The van der Waals surface area contributed by atoms with E-state index in [4.69, 9.17) is 20.9 Å². The lowest BCUT2D eigenvalue weighted by Gasteiger charge is -2.30. The quantitative estimate of drug-likeness (QED) is 0.283. The second-order valence-electron chi connectivity index (χ2n) is 10.5. The van der Waals surface area contributed by atoms with Crippen molar-refractivity contribution in [3.8, 4) is 11.5 Å². The van der Waals surface area contributed by atoms with E-state index in [0.717, 1.165) is 5.56 Å². The van der Waals surface area contributed by atoms with Crippen LogP contribution in [-0.4, -0.2) is 64.2 Å². The summed E-state index contributed by atoms with van der Waals surface area (Å²) in [7, 11) is 1.65. The van der Waals surface area contributed by atoms with Gasteiger partial charge >= 0.3 is 0 Å². The fourth-order valence-electron chi connectivity index (χ4n) is 4.61. The number of carbonyl (C=O) groups is 2. The largest absolute Gasteiger partial charge is 0.490 e. The summed E-state index contributed by atoms with van der Waals surface area (Å²) in [5.74, 6) is 0.168. The van der Waals surface area contributed by atoms with Crippen LogP contribution in [0.2, 0.25) is 0 Å². The van der Waals surface area contributed by atoms with Gasteiger partial charge in [0.2, 0.25) is 0 Å². The van der Waals surface area contributed by atoms with Crippen LogP contribution in [-0.2, 0) is 0 Å². The maximum absolute atomic E-state index is 13.1. The van der Waals surface area contributed by atoms with E-state index in [0.29, 0.717) is 59.4 Å². The van der Waals surface area contributed by atoms with E-state index in [1.54, 1.807) is 68.2 Å². The molecule has 0 unspecified atom stereocenters. The van der Waals surface area contributed by atoms with Crippen molar-refractivity contribution >= 4 is 29.1 Å². The van der Waals surface area contributed by atoms with Gasteiger partial charge in [0.15, 0.2) is 0 Å². The minimum absolute atomic E-state index is 0.0221. The second kappa shape index (κ2) is 12.2. The predicted octanol–water partition coefficient (Wildman–Crippen LogP) is 2.70. The number of hydrogen-bond donors (Lipinski definition) is 4. The number of primary amides is 1. The summed E-state index contributed by atoms with van der Waals surface area (Å²) in [6, 6.07) is 8.63. The van der Waals surface area contributed by atoms with Crippen LogP contribution in [0.25, 0.3) is 11.1 Å². The van der Waals surface area contributed by atoms with Gasteiger partial charge in [-0.15, -0.1) is 0 Å². The molecule has 1 saturated carbocycles. The van der Waals surface area contributed by atoms with Crippen LogP contribution in [0.15, 0.2) is 53.9 Å². The summed E-state index contributed by atoms with van der Waals surface area (Å²) in [5.41, 5.74) is 13.2. The molecular weight excluding hydrogens is 512 g/mol. The van der Waals surface area contributed by atoms with E-state index in [1.165, 1.54) is 12.4 Å². The van der Waals surface area contributed by atoms with Crippen molar-refractivity contribution in [1.29, 1.82) is 0 Å². The van der Waals surface area contributed by atoms with Crippen LogP contribution in [0, 0.1) is 0 Å². The first-order valence-corrected chi connectivity index (χ1v) is 13.2. The van der Waals surface area contributed by atoms with Crippen LogP contribution < -0.4 is 26.3 Å². The number of pyridine rings is 1. The molecule has 1 aliphatic rings. The number of rotatable bonds is 10. The number of ether oxygens (including phenoxy) is 2. The molecule has 11 nitrogen and oxygen atoms in total. The highest BCUT2D eigenvalue weighted by molar-refractivity contribution is 6.10. The minimum Gasteiger partial charge on any atom is -0.490 e. The van der Waals surface area contributed by atoms with Gasteiger partial charge in [0.05, 0.1) is 40.7 Å². The summed E-state index contributed by atoms with van der Waals surface area (Å²) in [6.07, 6.45) is 8.97. The summed E-state index contributed by atoms with van der Waals surface area (Å²) in [4.78, 5) is 29.1. The van der Waals surface area contributed by atoms with E-state index in [2.05, 4.69) is 15.4 Å². The molecule has 3 aromatic rings. The first-order valence-electron chi connectivity index (χ1n) is 13.2. The predicted molar refractivity (Wildman–Crippen MR) is 153 cm³/mol. The summed E-state index contributed by atoms with van der Waals surface area (Å²) >= 11 is 0. The average Bonchev–Trinajstić information content (AvgIpc) is 3.34. The number of fused-ring (bicyclic) bond motifs is 1. The topological polar surface area (TPSA) is 167 Å². The Hall–Kier alpha value is -4.38. The standard InChI is InChI=1S/C29H36N6O5/c1-29(2,38)17-39-22-9-11-25-24(15-33-35(25)16-22)28(37)34-20-5-7-21(8-6-20)40-26-12-18(19(13-30)14-32-3)4-10-23(26)27(31)36/h4,9-16,20-21,38H,5-8,17,30H2,1-3H3,(H2,31,36)(H,34,37). The normalized spacial score (nSPS) is 18.1. The second-order valence-corrected chi connectivity index (χ2v) is 10.5. The molecule has 1 fully saturated rings. The van der Waals surface area contributed by atoms with Crippen molar-refractivity contribution in [2.45, 2.75) is 57.3 Å². The molecule has 6 N–H and O–H groups in total. The number of allylic oxidation sites excluding steroid dienone is 1. The van der Waals surface area contributed by atoms with Crippen molar-refractivity contribution in [1.82, 2.24) is 14.9 Å². The Morgan fingerprint density at radius 3 is 2.60 bits per heavy atom. The highest BCUT2D eigenvalue weighted by atomic mass is 16.5. The Bertz CT molecular complexity index is 1430. The van der Waals surface area contributed by atoms with Crippen LogP contribution in [0.5, 0.6) is 11.5 Å². The number of nitrogens with zero attached hydrogens (tertiary/aromatic N) is 3. The molecule has 2 heterocycles. The van der Waals surface area contributed by atoms with Crippen LogP contribution in [0.4, 0.5) is 0 Å². The number of amides is 2. The lowest BCUT2D eigenvalue weighted by atomic mass is 9.92. The number of carbonyl (C=O) groups excluding carboxylic acids is 2. The number of hydrogen-bond acceptors (Lipinski definition) is 8. The lowest BCUT2D eigenvalue weighted by molar-refractivity contribution is 0.0283. The van der Waals surface area contributed by atoms with E-state index in [1.807, 2.05) is 0 Å². The zero-order chi connectivity index (χ0) is 28.9. The number of benzene rings is 1. The maximum Gasteiger partial charge on any atom is 0.255 e. The summed E-state index contributed by atoms with van der Waals surface area (Å²) < 4.78 is 13.4. The smallest absolute Gasteiger partial charge is 0.255 e. The average molecular weight is 549 g/mol. The molecule has 0 aliphatic heterocycles. The Morgan fingerprint density at radius 1 is 1.20 bits per heavy atom. The molecule has 2 amide bonds. The summed E-state index contributed by atoms with van der Waals surface area (Å²) in [5, 5.41) is 17.3.